The highest BCUT2D eigenvalue weighted by Gasteiger charge is 2.32. The Kier molecular flexibility index (Phi) is 4.00. The molecule has 18 heavy (non-hydrogen) atoms. The molecule has 4 heteroatoms. The average molecular weight is 270 g/mol. The summed E-state index contributed by atoms with van der Waals surface area (Å²) >= 11 is 6.30. The molecule has 2 rings (SSSR count). The Morgan fingerprint density at radius 3 is 2.50 bits per heavy atom. The van der Waals surface area contributed by atoms with Crippen molar-refractivity contribution < 1.29 is 0 Å². The minimum Gasteiger partial charge on any atom is -0.298 e. The Balaban J connectivity index is 2.39. The first-order valence-electron chi connectivity index (χ1n) is 7.06. The molecule has 1 saturated carbocycles. The van der Waals surface area contributed by atoms with E-state index < -0.39 is 0 Å². The van der Waals surface area contributed by atoms with Crippen molar-refractivity contribution in [2.45, 2.75) is 71.3 Å². The minimum absolute atomic E-state index is 0.00409. The third-order valence-electron chi connectivity index (χ3n) is 4.05. The number of hydrogen-bond acceptors (Lipinski definition) is 2. The number of halogens is 1. The Morgan fingerprint density at radius 1 is 1.22 bits per heavy atom. The van der Waals surface area contributed by atoms with Crippen molar-refractivity contribution >= 4 is 11.6 Å². The maximum Gasteiger partial charge on any atom is 0.225 e. The summed E-state index contributed by atoms with van der Waals surface area (Å²) in [6.07, 6.45) is 6.36. The summed E-state index contributed by atoms with van der Waals surface area (Å²) in [5, 5.41) is 8.98. The lowest BCUT2D eigenvalue weighted by molar-refractivity contribution is 0.222. The van der Waals surface area contributed by atoms with Crippen molar-refractivity contribution in [3.8, 4) is 0 Å². The zero-order chi connectivity index (χ0) is 13.3. The SMILES string of the molecule is CCC1CCCCC1n1c(Cl)nnc1C(C)(C)C. The highest BCUT2D eigenvalue weighted by Crippen LogP contribution is 2.39. The lowest BCUT2D eigenvalue weighted by atomic mass is 9.82. The molecule has 0 N–H and O–H groups in total. The molecular formula is C14H24ClN3. The number of nitrogens with zero attached hydrogens (tertiary/aromatic N) is 3. The third kappa shape index (κ3) is 2.56. The van der Waals surface area contributed by atoms with Gasteiger partial charge in [-0.2, -0.15) is 0 Å². The van der Waals surface area contributed by atoms with E-state index in [2.05, 4.69) is 42.5 Å². The van der Waals surface area contributed by atoms with Crippen LogP contribution in [0.1, 0.15) is 71.7 Å². The molecule has 0 aromatic carbocycles. The highest BCUT2D eigenvalue weighted by atomic mass is 35.5. The quantitative estimate of drug-likeness (QED) is 0.798. The van der Waals surface area contributed by atoms with Crippen LogP contribution in [0.25, 0.3) is 0 Å². The van der Waals surface area contributed by atoms with E-state index in [1.165, 1.54) is 32.1 Å². The maximum atomic E-state index is 6.30. The van der Waals surface area contributed by atoms with Crippen molar-refractivity contribution in [3.63, 3.8) is 0 Å². The Hall–Kier alpha value is -0.570. The second-order valence-corrected chi connectivity index (χ2v) is 6.77. The first-order valence-corrected chi connectivity index (χ1v) is 7.43. The topological polar surface area (TPSA) is 30.7 Å². The molecule has 1 fully saturated rings. The lowest BCUT2D eigenvalue weighted by Crippen LogP contribution is -2.28. The van der Waals surface area contributed by atoms with Crippen LogP contribution in [0, 0.1) is 5.92 Å². The van der Waals surface area contributed by atoms with Gasteiger partial charge in [-0.25, -0.2) is 0 Å². The molecule has 0 saturated heterocycles. The first-order chi connectivity index (χ1) is 8.45. The Labute approximate surface area is 115 Å². The average Bonchev–Trinajstić information content (AvgIpc) is 2.70. The van der Waals surface area contributed by atoms with E-state index in [1.807, 2.05) is 0 Å². The first kappa shape index (κ1) is 13.9. The van der Waals surface area contributed by atoms with Gasteiger partial charge >= 0.3 is 0 Å². The van der Waals surface area contributed by atoms with Gasteiger partial charge < -0.3 is 0 Å². The number of rotatable bonds is 2. The zero-order valence-electron chi connectivity index (χ0n) is 11.9. The van der Waals surface area contributed by atoms with Crippen molar-refractivity contribution in [1.82, 2.24) is 14.8 Å². The van der Waals surface area contributed by atoms with Gasteiger partial charge in [0.2, 0.25) is 5.28 Å². The van der Waals surface area contributed by atoms with Crippen LogP contribution in [-0.4, -0.2) is 14.8 Å². The molecule has 0 amide bonds. The minimum atomic E-state index is -0.00409. The van der Waals surface area contributed by atoms with Gasteiger partial charge in [0.1, 0.15) is 5.82 Å². The lowest BCUT2D eigenvalue weighted by Gasteiger charge is -2.34. The van der Waals surface area contributed by atoms with Gasteiger partial charge in [-0.3, -0.25) is 4.57 Å². The summed E-state index contributed by atoms with van der Waals surface area (Å²) in [7, 11) is 0. The van der Waals surface area contributed by atoms with Crippen molar-refractivity contribution in [3.05, 3.63) is 11.1 Å². The van der Waals surface area contributed by atoms with Crippen molar-refractivity contribution in [2.75, 3.05) is 0 Å². The number of aromatic nitrogens is 3. The van der Waals surface area contributed by atoms with Crippen LogP contribution in [0.5, 0.6) is 0 Å². The van der Waals surface area contributed by atoms with E-state index in [9.17, 15) is 0 Å². The molecule has 102 valence electrons. The summed E-state index contributed by atoms with van der Waals surface area (Å²) < 4.78 is 2.20. The molecule has 1 aromatic rings. The van der Waals surface area contributed by atoms with Crippen LogP contribution in [0.4, 0.5) is 0 Å². The van der Waals surface area contributed by atoms with Gasteiger partial charge in [0.25, 0.3) is 0 Å². The smallest absolute Gasteiger partial charge is 0.225 e. The summed E-state index contributed by atoms with van der Waals surface area (Å²) in [4.78, 5) is 0. The van der Waals surface area contributed by atoms with E-state index in [1.54, 1.807) is 0 Å². The molecular weight excluding hydrogens is 246 g/mol. The van der Waals surface area contributed by atoms with Crippen LogP contribution in [0.2, 0.25) is 5.28 Å². The summed E-state index contributed by atoms with van der Waals surface area (Å²) in [5.74, 6) is 1.74. The van der Waals surface area contributed by atoms with Gasteiger partial charge in [0, 0.05) is 11.5 Å². The monoisotopic (exact) mass is 269 g/mol. The molecule has 0 aliphatic heterocycles. The normalized spacial score (nSPS) is 25.4. The van der Waals surface area contributed by atoms with Gasteiger partial charge in [0.15, 0.2) is 0 Å². The fraction of sp³-hybridized carbons (Fsp3) is 0.857. The van der Waals surface area contributed by atoms with Crippen LogP contribution < -0.4 is 0 Å². The van der Waals surface area contributed by atoms with Gasteiger partial charge in [-0.05, 0) is 30.4 Å². The molecule has 1 aliphatic rings. The highest BCUT2D eigenvalue weighted by molar-refractivity contribution is 6.28. The third-order valence-corrected chi connectivity index (χ3v) is 4.31. The zero-order valence-corrected chi connectivity index (χ0v) is 12.7. The molecule has 1 aromatic heterocycles. The summed E-state index contributed by atoms with van der Waals surface area (Å²) in [5.41, 5.74) is -0.00409. The van der Waals surface area contributed by atoms with Crippen molar-refractivity contribution in [2.24, 2.45) is 5.92 Å². The molecule has 3 nitrogen and oxygen atoms in total. The van der Waals surface area contributed by atoms with E-state index in [4.69, 9.17) is 11.6 Å². The van der Waals surface area contributed by atoms with E-state index in [-0.39, 0.29) is 5.41 Å². The van der Waals surface area contributed by atoms with Gasteiger partial charge in [0.05, 0.1) is 0 Å². The molecule has 0 radical (unpaired) electrons. The molecule has 2 atom stereocenters. The molecule has 1 aliphatic carbocycles. The second kappa shape index (κ2) is 5.20. The van der Waals surface area contributed by atoms with Gasteiger partial charge in [-0.15, -0.1) is 10.2 Å². The predicted molar refractivity (Wildman–Crippen MR) is 75.0 cm³/mol. The predicted octanol–water partition coefficient (Wildman–Crippen LogP) is 4.37. The molecule has 1 heterocycles. The molecule has 0 bridgehead atoms. The van der Waals surface area contributed by atoms with E-state index in [0.29, 0.717) is 17.2 Å². The Morgan fingerprint density at radius 2 is 1.89 bits per heavy atom. The summed E-state index contributed by atoms with van der Waals surface area (Å²) in [6.45, 7) is 8.80. The van der Waals surface area contributed by atoms with Crippen LogP contribution in [-0.2, 0) is 5.41 Å². The van der Waals surface area contributed by atoms with E-state index >= 15 is 0 Å². The van der Waals surface area contributed by atoms with Crippen molar-refractivity contribution in [1.29, 1.82) is 0 Å². The fourth-order valence-electron chi connectivity index (χ4n) is 3.08. The van der Waals surface area contributed by atoms with Crippen LogP contribution in [0.15, 0.2) is 0 Å². The second-order valence-electron chi connectivity index (χ2n) is 6.43. The Bertz CT molecular complexity index is 406. The largest absolute Gasteiger partial charge is 0.298 e. The molecule has 0 spiro atoms. The van der Waals surface area contributed by atoms with Crippen LogP contribution >= 0.6 is 11.6 Å². The fourth-order valence-corrected chi connectivity index (χ4v) is 3.33. The standard InChI is InChI=1S/C14H24ClN3/c1-5-10-8-6-7-9-11(10)18-12(14(2,3)4)16-17-13(18)15/h10-11H,5-9H2,1-4H3. The summed E-state index contributed by atoms with van der Waals surface area (Å²) in [6, 6.07) is 0.487. The molecule has 2 unspecified atom stereocenters. The van der Waals surface area contributed by atoms with Crippen LogP contribution in [0.3, 0.4) is 0 Å². The number of hydrogen-bond donors (Lipinski definition) is 0. The van der Waals surface area contributed by atoms with Gasteiger partial charge in [-0.1, -0.05) is 47.0 Å². The maximum absolute atomic E-state index is 6.30. The van der Waals surface area contributed by atoms with E-state index in [0.717, 1.165) is 5.82 Å².